The molecule has 0 spiro atoms. The molecule has 1 unspecified atom stereocenters. The maximum Gasteiger partial charge on any atom is 0.194 e. The highest BCUT2D eigenvalue weighted by Gasteiger charge is 2.10. The van der Waals surface area contributed by atoms with Gasteiger partial charge < -0.3 is 10.1 Å². The van der Waals surface area contributed by atoms with Crippen molar-refractivity contribution in [1.29, 1.82) is 0 Å². The van der Waals surface area contributed by atoms with Gasteiger partial charge in [-0.2, -0.15) is 0 Å². The number of hydrogen-bond donors (Lipinski definition) is 1. The zero-order chi connectivity index (χ0) is 13.4. The molecule has 94 valence electrons. The van der Waals surface area contributed by atoms with E-state index in [9.17, 15) is 4.79 Å². The second-order valence-electron chi connectivity index (χ2n) is 4.30. The molecule has 0 fully saturated rings. The van der Waals surface area contributed by atoms with E-state index in [2.05, 4.69) is 14.2 Å². The number of aromatic nitrogens is 2. The molecule has 0 saturated heterocycles. The Labute approximate surface area is 112 Å². The number of anilines is 1. The number of carbonyl (C=O) groups is 1. The minimum Gasteiger partial charge on any atom is -0.382 e. The number of nitrogen functional groups attached to an aromatic ring is 1. The van der Waals surface area contributed by atoms with Gasteiger partial charge in [-0.3, -0.25) is 4.79 Å². The highest BCUT2D eigenvalue weighted by atomic mass is 31.0. The first-order chi connectivity index (χ1) is 9.13. The van der Waals surface area contributed by atoms with Crippen LogP contribution in [0.1, 0.15) is 15.9 Å². The molecule has 0 aliphatic carbocycles. The van der Waals surface area contributed by atoms with Gasteiger partial charge in [0.05, 0.1) is 6.20 Å². The van der Waals surface area contributed by atoms with Crippen LogP contribution in [0.4, 0.5) is 5.82 Å². The predicted molar refractivity (Wildman–Crippen MR) is 78.8 cm³/mol. The zero-order valence-corrected chi connectivity index (χ0v) is 11.2. The summed E-state index contributed by atoms with van der Waals surface area (Å²) in [5, 5.41) is 1.05. The third-order valence-electron chi connectivity index (χ3n) is 2.90. The second kappa shape index (κ2) is 4.48. The molecule has 3 rings (SSSR count). The number of carbonyl (C=O) groups excluding carboxylic acids is 1. The molecule has 5 heteroatoms. The van der Waals surface area contributed by atoms with Crippen molar-refractivity contribution in [1.82, 2.24) is 9.38 Å². The molecular formula is C14H12N3OP. The van der Waals surface area contributed by atoms with Crippen LogP contribution in [-0.2, 0) is 0 Å². The van der Waals surface area contributed by atoms with Crippen LogP contribution in [-0.4, -0.2) is 15.2 Å². The smallest absolute Gasteiger partial charge is 0.194 e. The lowest BCUT2D eigenvalue weighted by atomic mass is 10.1. The van der Waals surface area contributed by atoms with Crippen molar-refractivity contribution in [3.63, 3.8) is 0 Å². The lowest BCUT2D eigenvalue weighted by Gasteiger charge is -2.02. The fraction of sp³-hybridized carbons (Fsp3) is 0. The van der Waals surface area contributed by atoms with Gasteiger partial charge in [0.25, 0.3) is 0 Å². The molecular weight excluding hydrogens is 257 g/mol. The molecule has 4 nitrogen and oxygen atoms in total. The first-order valence-electron chi connectivity index (χ1n) is 5.78. The van der Waals surface area contributed by atoms with Gasteiger partial charge in [-0.05, 0) is 17.4 Å². The molecule has 0 aliphatic rings. The van der Waals surface area contributed by atoms with Crippen LogP contribution in [0.3, 0.4) is 0 Å². The van der Waals surface area contributed by atoms with Crippen molar-refractivity contribution in [2.24, 2.45) is 0 Å². The largest absolute Gasteiger partial charge is 0.382 e. The monoisotopic (exact) mass is 269 g/mol. The summed E-state index contributed by atoms with van der Waals surface area (Å²) >= 11 is 0. The van der Waals surface area contributed by atoms with Crippen molar-refractivity contribution in [3.05, 3.63) is 59.9 Å². The van der Waals surface area contributed by atoms with Gasteiger partial charge in [-0.25, -0.2) is 4.98 Å². The fourth-order valence-corrected chi connectivity index (χ4v) is 2.14. The molecule has 0 amide bonds. The summed E-state index contributed by atoms with van der Waals surface area (Å²) in [6.07, 6.45) is 3.44. The minimum absolute atomic E-state index is 0.0147. The number of nitrogens with zero attached hydrogens (tertiary/aromatic N) is 2. The van der Waals surface area contributed by atoms with E-state index < -0.39 is 0 Å². The Morgan fingerprint density at radius 2 is 1.74 bits per heavy atom. The van der Waals surface area contributed by atoms with Crippen LogP contribution in [0.15, 0.2) is 48.8 Å². The Hall–Kier alpha value is -2.19. The summed E-state index contributed by atoms with van der Waals surface area (Å²) in [5.74, 6) is 0.427. The Morgan fingerprint density at radius 3 is 2.47 bits per heavy atom. The SMILES string of the molecule is Nc1cn2cc(C(=O)c3ccc(P)cc3)ccc2n1. The molecule has 0 bridgehead atoms. The lowest BCUT2D eigenvalue weighted by molar-refractivity contribution is 0.103. The molecule has 0 aliphatic heterocycles. The van der Waals surface area contributed by atoms with Crippen molar-refractivity contribution in [3.8, 4) is 0 Å². The number of benzene rings is 1. The number of ketones is 1. The van der Waals surface area contributed by atoms with Crippen LogP contribution >= 0.6 is 9.24 Å². The van der Waals surface area contributed by atoms with Gasteiger partial charge in [0.2, 0.25) is 0 Å². The highest BCUT2D eigenvalue weighted by Crippen LogP contribution is 2.13. The van der Waals surface area contributed by atoms with E-state index in [1.165, 1.54) is 0 Å². The highest BCUT2D eigenvalue weighted by molar-refractivity contribution is 7.27. The molecule has 0 radical (unpaired) electrons. The Balaban J connectivity index is 2.03. The average Bonchev–Trinajstić information content (AvgIpc) is 2.77. The Kier molecular flexibility index (Phi) is 2.80. The molecule has 0 saturated carbocycles. The van der Waals surface area contributed by atoms with Crippen molar-refractivity contribution < 1.29 is 4.79 Å². The van der Waals surface area contributed by atoms with Gasteiger partial charge in [0.1, 0.15) is 11.5 Å². The van der Waals surface area contributed by atoms with Gasteiger partial charge in [0.15, 0.2) is 5.78 Å². The number of fused-ring (bicyclic) bond motifs is 1. The van der Waals surface area contributed by atoms with E-state index >= 15 is 0 Å². The molecule has 19 heavy (non-hydrogen) atoms. The summed E-state index contributed by atoms with van der Waals surface area (Å²) in [5.41, 5.74) is 7.63. The third-order valence-corrected chi connectivity index (χ3v) is 3.29. The molecule has 2 heterocycles. The second-order valence-corrected chi connectivity index (χ2v) is 4.97. The molecule has 1 atom stereocenters. The van der Waals surface area contributed by atoms with Crippen LogP contribution in [0.5, 0.6) is 0 Å². The van der Waals surface area contributed by atoms with Crippen LogP contribution in [0, 0.1) is 0 Å². The molecule has 3 aromatic rings. The van der Waals surface area contributed by atoms with Gasteiger partial charge in [0, 0.05) is 17.3 Å². The number of pyridine rings is 1. The number of hydrogen-bond acceptors (Lipinski definition) is 3. The first-order valence-corrected chi connectivity index (χ1v) is 6.36. The Morgan fingerprint density at radius 1 is 1.05 bits per heavy atom. The number of imidazole rings is 1. The van der Waals surface area contributed by atoms with E-state index in [0.717, 1.165) is 11.0 Å². The van der Waals surface area contributed by atoms with E-state index in [1.54, 1.807) is 28.9 Å². The summed E-state index contributed by atoms with van der Waals surface area (Å²) in [4.78, 5) is 16.5. The van der Waals surface area contributed by atoms with Gasteiger partial charge >= 0.3 is 0 Å². The fourth-order valence-electron chi connectivity index (χ4n) is 1.95. The molecule has 1 aromatic carbocycles. The summed E-state index contributed by atoms with van der Waals surface area (Å²) in [6, 6.07) is 11.0. The maximum atomic E-state index is 12.3. The first kappa shape index (κ1) is 11.9. The van der Waals surface area contributed by atoms with Crippen molar-refractivity contribution in [2.75, 3.05) is 5.73 Å². The van der Waals surface area contributed by atoms with Crippen LogP contribution in [0.25, 0.3) is 5.65 Å². The van der Waals surface area contributed by atoms with Crippen LogP contribution in [0.2, 0.25) is 0 Å². The van der Waals surface area contributed by atoms with E-state index in [1.807, 2.05) is 24.3 Å². The lowest BCUT2D eigenvalue weighted by Crippen LogP contribution is -2.04. The molecule has 2 N–H and O–H groups in total. The predicted octanol–water partition coefficient (Wildman–Crippen LogP) is 1.65. The van der Waals surface area contributed by atoms with E-state index in [-0.39, 0.29) is 5.78 Å². The average molecular weight is 269 g/mol. The summed E-state index contributed by atoms with van der Waals surface area (Å²) in [7, 11) is 2.60. The minimum atomic E-state index is -0.0147. The summed E-state index contributed by atoms with van der Waals surface area (Å²) < 4.78 is 1.76. The zero-order valence-electron chi connectivity index (χ0n) is 10.1. The quantitative estimate of drug-likeness (QED) is 0.568. The normalized spacial score (nSPS) is 10.8. The van der Waals surface area contributed by atoms with Gasteiger partial charge in [-0.1, -0.05) is 24.3 Å². The number of rotatable bonds is 2. The maximum absolute atomic E-state index is 12.3. The number of nitrogens with two attached hydrogens (primary N) is 1. The van der Waals surface area contributed by atoms with Crippen LogP contribution < -0.4 is 11.0 Å². The van der Waals surface area contributed by atoms with Gasteiger partial charge in [-0.15, -0.1) is 9.24 Å². The summed E-state index contributed by atoms with van der Waals surface area (Å²) in [6.45, 7) is 0. The van der Waals surface area contributed by atoms with E-state index in [4.69, 9.17) is 5.73 Å². The Bertz CT molecular complexity index is 762. The van der Waals surface area contributed by atoms with Crippen molar-refractivity contribution >= 4 is 31.8 Å². The van der Waals surface area contributed by atoms with E-state index in [0.29, 0.717) is 16.9 Å². The standard InChI is InChI=1S/C14H12N3OP/c15-12-8-17-7-10(3-6-13(17)16-12)14(18)9-1-4-11(19)5-2-9/h1-8H,15,19H2. The topological polar surface area (TPSA) is 60.4 Å². The third kappa shape index (κ3) is 2.23. The molecule has 2 aromatic heterocycles. The van der Waals surface area contributed by atoms with Crippen molar-refractivity contribution in [2.45, 2.75) is 0 Å².